The Bertz CT molecular complexity index is 702. The van der Waals surface area contributed by atoms with Gasteiger partial charge in [0.1, 0.15) is 24.8 Å². The molecule has 1 aliphatic heterocycles. The van der Waals surface area contributed by atoms with Gasteiger partial charge in [-0.1, -0.05) is 18.2 Å². The second-order valence-corrected chi connectivity index (χ2v) is 5.04. The lowest BCUT2D eigenvalue weighted by Crippen LogP contribution is -2.41. The number of halogens is 1. The quantitative estimate of drug-likeness (QED) is 0.742. The average Bonchev–Trinajstić information content (AvgIpc) is 3.17. The van der Waals surface area contributed by atoms with Crippen LogP contribution in [0.4, 0.5) is 0 Å². The number of ether oxygens (including phenoxy) is 2. The van der Waals surface area contributed by atoms with E-state index in [-0.39, 0.29) is 12.4 Å². The van der Waals surface area contributed by atoms with Gasteiger partial charge >= 0.3 is 0 Å². The number of rotatable bonds is 3. The summed E-state index contributed by atoms with van der Waals surface area (Å²) in [5.41, 5.74) is 0.822. The molecule has 2 aromatic heterocycles. The van der Waals surface area contributed by atoms with Crippen molar-refractivity contribution in [1.29, 1.82) is 0 Å². The van der Waals surface area contributed by atoms with Crippen LogP contribution in [-0.4, -0.2) is 28.0 Å². The second-order valence-electron chi connectivity index (χ2n) is 5.04. The third kappa shape index (κ3) is 2.61. The standard InChI is InChI=1S/C15H15N3O3.ClH/c1-2-5-13-12(4-1)8-14(21-13)15(19-6-3-7-20-15)9-18-11-16-10-17-18;/h1-2,4-5,8,10-11H,3,6-7,9H2;1H. The normalized spacial score (nSPS) is 17.3. The van der Waals surface area contributed by atoms with E-state index in [4.69, 9.17) is 13.9 Å². The number of hydrogen-bond donors (Lipinski definition) is 0. The molecular formula is C15H16ClN3O3. The zero-order chi connectivity index (χ0) is 14.1. The number of para-hydroxylation sites is 1. The first-order chi connectivity index (χ1) is 10.4. The molecule has 0 atom stereocenters. The minimum absolute atomic E-state index is 0. The summed E-state index contributed by atoms with van der Waals surface area (Å²) in [6.07, 6.45) is 4.01. The van der Waals surface area contributed by atoms with Crippen molar-refractivity contribution in [2.24, 2.45) is 0 Å². The predicted octanol–water partition coefficient (Wildman–Crippen LogP) is 2.74. The molecule has 22 heavy (non-hydrogen) atoms. The summed E-state index contributed by atoms with van der Waals surface area (Å²) >= 11 is 0. The van der Waals surface area contributed by atoms with Gasteiger partial charge in [0.15, 0.2) is 5.76 Å². The molecule has 1 aromatic carbocycles. The fraction of sp³-hybridized carbons (Fsp3) is 0.333. The van der Waals surface area contributed by atoms with E-state index in [2.05, 4.69) is 10.1 Å². The van der Waals surface area contributed by atoms with Crippen molar-refractivity contribution in [1.82, 2.24) is 14.8 Å². The highest BCUT2D eigenvalue weighted by Crippen LogP contribution is 2.35. The van der Waals surface area contributed by atoms with Gasteiger partial charge in [-0.05, 0) is 18.6 Å². The largest absolute Gasteiger partial charge is 0.455 e. The Balaban J connectivity index is 0.00000144. The number of benzene rings is 1. The molecule has 7 heteroatoms. The van der Waals surface area contributed by atoms with Crippen LogP contribution in [0.1, 0.15) is 12.2 Å². The van der Waals surface area contributed by atoms with E-state index in [1.54, 1.807) is 11.0 Å². The molecule has 3 aromatic rings. The van der Waals surface area contributed by atoms with Crippen molar-refractivity contribution in [3.05, 3.63) is 48.7 Å². The zero-order valence-electron chi connectivity index (χ0n) is 11.8. The van der Waals surface area contributed by atoms with E-state index in [1.165, 1.54) is 6.33 Å². The smallest absolute Gasteiger partial charge is 0.248 e. The summed E-state index contributed by atoms with van der Waals surface area (Å²) in [5, 5.41) is 5.17. The summed E-state index contributed by atoms with van der Waals surface area (Å²) in [7, 11) is 0. The zero-order valence-corrected chi connectivity index (χ0v) is 12.7. The monoisotopic (exact) mass is 321 g/mol. The fourth-order valence-electron chi connectivity index (χ4n) is 2.58. The molecule has 0 radical (unpaired) electrons. The molecule has 0 amide bonds. The van der Waals surface area contributed by atoms with Crippen LogP contribution in [-0.2, 0) is 21.8 Å². The molecule has 3 heterocycles. The Morgan fingerprint density at radius 1 is 1.18 bits per heavy atom. The fourth-order valence-corrected chi connectivity index (χ4v) is 2.58. The summed E-state index contributed by atoms with van der Waals surface area (Å²) in [6.45, 7) is 1.67. The molecule has 1 fully saturated rings. The molecule has 1 aliphatic rings. The molecule has 0 bridgehead atoms. The SMILES string of the molecule is Cl.c1ccc2oc(C3(Cn4cncn4)OCCCO3)cc2c1. The summed E-state index contributed by atoms with van der Waals surface area (Å²) in [5.74, 6) is -0.274. The molecule has 6 nitrogen and oxygen atoms in total. The molecule has 4 rings (SSSR count). The van der Waals surface area contributed by atoms with Gasteiger partial charge in [-0.25, -0.2) is 9.67 Å². The summed E-state index contributed by atoms with van der Waals surface area (Å²) < 4.78 is 19.5. The Labute approximate surface area is 133 Å². The van der Waals surface area contributed by atoms with Crippen molar-refractivity contribution < 1.29 is 13.9 Å². The highest BCUT2D eigenvalue weighted by molar-refractivity contribution is 5.85. The van der Waals surface area contributed by atoms with Gasteiger partial charge in [-0.15, -0.1) is 12.4 Å². The van der Waals surface area contributed by atoms with Gasteiger partial charge < -0.3 is 13.9 Å². The Morgan fingerprint density at radius 3 is 2.73 bits per heavy atom. The first kappa shape index (κ1) is 15.0. The predicted molar refractivity (Wildman–Crippen MR) is 81.7 cm³/mol. The van der Waals surface area contributed by atoms with Crippen molar-refractivity contribution >= 4 is 23.4 Å². The molecule has 0 spiro atoms. The van der Waals surface area contributed by atoms with Gasteiger partial charge in [0.05, 0.1) is 13.2 Å². The van der Waals surface area contributed by atoms with Gasteiger partial charge in [0.2, 0.25) is 5.79 Å². The number of fused-ring (bicyclic) bond motifs is 1. The van der Waals surface area contributed by atoms with Crippen molar-refractivity contribution in [2.45, 2.75) is 18.8 Å². The lowest BCUT2D eigenvalue weighted by atomic mass is 10.1. The van der Waals surface area contributed by atoms with Gasteiger partial charge in [0, 0.05) is 5.39 Å². The molecule has 0 N–H and O–H groups in total. The minimum atomic E-state index is -0.940. The molecule has 0 unspecified atom stereocenters. The van der Waals surface area contributed by atoms with E-state index in [0.29, 0.717) is 25.5 Å². The van der Waals surface area contributed by atoms with E-state index < -0.39 is 5.79 Å². The maximum atomic E-state index is 5.95. The summed E-state index contributed by atoms with van der Waals surface area (Å²) in [6, 6.07) is 9.84. The van der Waals surface area contributed by atoms with Crippen LogP contribution in [0.25, 0.3) is 11.0 Å². The third-order valence-electron chi connectivity index (χ3n) is 3.60. The Hall–Kier alpha value is -1.89. The first-order valence-corrected chi connectivity index (χ1v) is 6.95. The van der Waals surface area contributed by atoms with Crippen molar-refractivity contribution in [3.63, 3.8) is 0 Å². The van der Waals surface area contributed by atoms with Crippen LogP contribution in [0.15, 0.2) is 47.4 Å². The number of aromatic nitrogens is 3. The number of furan rings is 1. The van der Waals surface area contributed by atoms with Crippen LogP contribution in [0.2, 0.25) is 0 Å². The summed E-state index contributed by atoms with van der Waals surface area (Å²) in [4.78, 5) is 3.97. The topological polar surface area (TPSA) is 62.3 Å². The Kier molecular flexibility index (Phi) is 4.15. The van der Waals surface area contributed by atoms with Crippen molar-refractivity contribution in [3.8, 4) is 0 Å². The highest BCUT2D eigenvalue weighted by atomic mass is 35.5. The molecule has 116 valence electrons. The molecule has 0 aliphatic carbocycles. The van der Waals surface area contributed by atoms with Crippen LogP contribution in [0.5, 0.6) is 0 Å². The lowest BCUT2D eigenvalue weighted by molar-refractivity contribution is -0.292. The maximum absolute atomic E-state index is 5.95. The average molecular weight is 322 g/mol. The van der Waals surface area contributed by atoms with E-state index in [1.807, 2.05) is 30.3 Å². The molecule has 1 saturated heterocycles. The van der Waals surface area contributed by atoms with Crippen LogP contribution in [0, 0.1) is 0 Å². The highest BCUT2D eigenvalue weighted by Gasteiger charge is 2.41. The van der Waals surface area contributed by atoms with Gasteiger partial charge in [0.25, 0.3) is 0 Å². The van der Waals surface area contributed by atoms with Gasteiger partial charge in [-0.3, -0.25) is 0 Å². The number of nitrogens with zero attached hydrogens (tertiary/aromatic N) is 3. The van der Waals surface area contributed by atoms with Crippen LogP contribution in [0.3, 0.4) is 0 Å². The third-order valence-corrected chi connectivity index (χ3v) is 3.60. The maximum Gasteiger partial charge on any atom is 0.248 e. The molecular weight excluding hydrogens is 306 g/mol. The second kappa shape index (κ2) is 6.08. The van der Waals surface area contributed by atoms with E-state index in [0.717, 1.165) is 17.4 Å². The van der Waals surface area contributed by atoms with Crippen molar-refractivity contribution in [2.75, 3.05) is 13.2 Å². The van der Waals surface area contributed by atoms with Gasteiger partial charge in [-0.2, -0.15) is 5.10 Å². The number of hydrogen-bond acceptors (Lipinski definition) is 5. The van der Waals surface area contributed by atoms with E-state index >= 15 is 0 Å². The molecule has 0 saturated carbocycles. The minimum Gasteiger partial charge on any atom is -0.455 e. The first-order valence-electron chi connectivity index (χ1n) is 6.95. The Morgan fingerprint density at radius 2 is 2.00 bits per heavy atom. The van der Waals surface area contributed by atoms with Crippen LogP contribution < -0.4 is 0 Å². The van der Waals surface area contributed by atoms with Crippen LogP contribution >= 0.6 is 12.4 Å². The lowest BCUT2D eigenvalue weighted by Gasteiger charge is -2.35. The van der Waals surface area contributed by atoms with E-state index in [9.17, 15) is 0 Å².